The van der Waals surface area contributed by atoms with E-state index in [-0.39, 0.29) is 16.6 Å². The van der Waals surface area contributed by atoms with Crippen LogP contribution in [0.25, 0.3) is 0 Å². The third kappa shape index (κ3) is 4.62. The van der Waals surface area contributed by atoms with Crippen molar-refractivity contribution in [3.63, 3.8) is 0 Å². The highest BCUT2D eigenvalue weighted by atomic mass is 35.5. The van der Waals surface area contributed by atoms with E-state index in [9.17, 15) is 14.4 Å². The number of amides is 3. The second-order valence-corrected chi connectivity index (χ2v) is 8.40. The van der Waals surface area contributed by atoms with Crippen molar-refractivity contribution in [2.24, 2.45) is 0 Å². The minimum Gasteiger partial charge on any atom is -0.350 e. The van der Waals surface area contributed by atoms with E-state index in [2.05, 4.69) is 10.6 Å². The molecule has 0 bridgehead atoms. The van der Waals surface area contributed by atoms with Crippen molar-refractivity contribution >= 4 is 58.0 Å². The summed E-state index contributed by atoms with van der Waals surface area (Å²) in [5.41, 5.74) is 3.87. The average molecular weight is 480 g/mol. The lowest BCUT2D eigenvalue weighted by atomic mass is 10.1. The Morgan fingerprint density at radius 1 is 0.848 bits per heavy atom. The SMILES string of the molecule is Cc1ccc(N2C(=O)C(Cl)=C(Nc3ccc(C(=O)Nc4ccc(Cl)cc4C)cc3)C2=O)cc1. The van der Waals surface area contributed by atoms with Gasteiger partial charge in [0.15, 0.2) is 0 Å². The Kier molecular flexibility index (Phi) is 6.22. The quantitative estimate of drug-likeness (QED) is 0.463. The van der Waals surface area contributed by atoms with Gasteiger partial charge in [-0.3, -0.25) is 14.4 Å². The zero-order valence-electron chi connectivity index (χ0n) is 17.8. The van der Waals surface area contributed by atoms with Crippen LogP contribution in [0.15, 0.2) is 77.5 Å². The van der Waals surface area contributed by atoms with Gasteiger partial charge in [-0.15, -0.1) is 0 Å². The van der Waals surface area contributed by atoms with Crippen molar-refractivity contribution in [2.75, 3.05) is 15.5 Å². The zero-order chi connectivity index (χ0) is 23.7. The van der Waals surface area contributed by atoms with Crippen LogP contribution in [0.2, 0.25) is 5.02 Å². The molecule has 0 fully saturated rings. The molecule has 4 rings (SSSR count). The van der Waals surface area contributed by atoms with Crippen molar-refractivity contribution in [2.45, 2.75) is 13.8 Å². The van der Waals surface area contributed by atoms with E-state index in [0.29, 0.717) is 27.6 Å². The first kappa shape index (κ1) is 22.6. The van der Waals surface area contributed by atoms with Crippen LogP contribution in [0.1, 0.15) is 21.5 Å². The Labute approximate surface area is 200 Å². The van der Waals surface area contributed by atoms with Crippen LogP contribution < -0.4 is 15.5 Å². The van der Waals surface area contributed by atoms with Gasteiger partial charge in [-0.25, -0.2) is 4.90 Å². The first-order valence-electron chi connectivity index (χ1n) is 10.0. The maximum absolute atomic E-state index is 12.9. The Hall–Kier alpha value is -3.61. The highest BCUT2D eigenvalue weighted by Crippen LogP contribution is 2.30. The number of hydrogen-bond donors (Lipinski definition) is 2. The summed E-state index contributed by atoms with van der Waals surface area (Å²) in [4.78, 5) is 39.1. The molecule has 0 aliphatic carbocycles. The van der Waals surface area contributed by atoms with E-state index < -0.39 is 11.8 Å². The van der Waals surface area contributed by atoms with Crippen LogP contribution in [0.5, 0.6) is 0 Å². The van der Waals surface area contributed by atoms with E-state index >= 15 is 0 Å². The number of benzene rings is 3. The third-order valence-corrected chi connectivity index (χ3v) is 5.76. The summed E-state index contributed by atoms with van der Waals surface area (Å²) in [5.74, 6) is -1.43. The van der Waals surface area contributed by atoms with Gasteiger partial charge in [0.05, 0.1) is 5.69 Å². The van der Waals surface area contributed by atoms with Crippen LogP contribution in [0.3, 0.4) is 0 Å². The van der Waals surface area contributed by atoms with Crippen LogP contribution in [-0.4, -0.2) is 17.7 Å². The molecule has 0 saturated heterocycles. The largest absolute Gasteiger partial charge is 0.350 e. The van der Waals surface area contributed by atoms with Crippen molar-refractivity contribution in [3.05, 3.63) is 99.2 Å². The molecule has 0 spiro atoms. The number of carbonyl (C=O) groups is 3. The normalized spacial score (nSPS) is 13.5. The van der Waals surface area contributed by atoms with E-state index in [0.717, 1.165) is 16.0 Å². The van der Waals surface area contributed by atoms with Gasteiger partial charge in [0.1, 0.15) is 10.7 Å². The molecule has 0 saturated carbocycles. The molecule has 0 radical (unpaired) electrons. The summed E-state index contributed by atoms with van der Waals surface area (Å²) < 4.78 is 0. The Bertz CT molecular complexity index is 1300. The Morgan fingerprint density at radius 2 is 1.52 bits per heavy atom. The predicted octanol–water partition coefficient (Wildman–Crippen LogP) is 5.64. The second kappa shape index (κ2) is 9.10. The van der Waals surface area contributed by atoms with Crippen molar-refractivity contribution in [3.8, 4) is 0 Å². The number of halogens is 2. The smallest absolute Gasteiger partial charge is 0.283 e. The summed E-state index contributed by atoms with van der Waals surface area (Å²) in [6, 6.07) is 18.7. The Morgan fingerprint density at radius 3 is 2.15 bits per heavy atom. The molecule has 1 aliphatic rings. The van der Waals surface area contributed by atoms with Gasteiger partial charge in [-0.05, 0) is 74.0 Å². The average Bonchev–Trinajstić information content (AvgIpc) is 3.00. The number of nitrogens with zero attached hydrogens (tertiary/aromatic N) is 1. The van der Waals surface area contributed by atoms with E-state index in [4.69, 9.17) is 23.2 Å². The van der Waals surface area contributed by atoms with Gasteiger partial charge in [0.2, 0.25) is 0 Å². The third-order valence-electron chi connectivity index (χ3n) is 5.17. The van der Waals surface area contributed by atoms with E-state index in [1.807, 2.05) is 26.0 Å². The van der Waals surface area contributed by atoms with Gasteiger partial charge < -0.3 is 10.6 Å². The molecule has 0 unspecified atom stereocenters. The molecule has 6 nitrogen and oxygen atoms in total. The molecule has 1 aliphatic heterocycles. The molecule has 0 atom stereocenters. The summed E-state index contributed by atoms with van der Waals surface area (Å²) in [7, 11) is 0. The molecule has 0 aromatic heterocycles. The van der Waals surface area contributed by atoms with Crippen LogP contribution in [0.4, 0.5) is 17.1 Å². The molecule has 1 heterocycles. The van der Waals surface area contributed by atoms with Gasteiger partial charge in [0, 0.05) is 22.0 Å². The molecule has 3 aromatic carbocycles. The van der Waals surface area contributed by atoms with Gasteiger partial charge in [-0.2, -0.15) is 0 Å². The summed E-state index contributed by atoms with van der Waals surface area (Å²) in [6.07, 6.45) is 0. The van der Waals surface area contributed by atoms with Crippen molar-refractivity contribution in [1.82, 2.24) is 0 Å². The van der Waals surface area contributed by atoms with Crippen LogP contribution >= 0.6 is 23.2 Å². The highest BCUT2D eigenvalue weighted by Gasteiger charge is 2.38. The van der Waals surface area contributed by atoms with E-state index in [1.54, 1.807) is 54.6 Å². The van der Waals surface area contributed by atoms with E-state index in [1.165, 1.54) is 0 Å². The number of nitrogens with one attached hydrogen (secondary N) is 2. The predicted molar refractivity (Wildman–Crippen MR) is 131 cm³/mol. The minimum absolute atomic E-state index is 0.0174. The first-order valence-corrected chi connectivity index (χ1v) is 10.8. The van der Waals surface area contributed by atoms with Crippen LogP contribution in [0, 0.1) is 13.8 Å². The van der Waals surface area contributed by atoms with Gasteiger partial charge in [0.25, 0.3) is 17.7 Å². The fraction of sp³-hybridized carbons (Fsp3) is 0.0800. The Balaban J connectivity index is 1.48. The minimum atomic E-state index is -0.595. The zero-order valence-corrected chi connectivity index (χ0v) is 19.3. The van der Waals surface area contributed by atoms with Crippen molar-refractivity contribution in [1.29, 1.82) is 0 Å². The van der Waals surface area contributed by atoms with Crippen LogP contribution in [-0.2, 0) is 9.59 Å². The number of anilines is 3. The lowest BCUT2D eigenvalue weighted by Gasteiger charge is -2.15. The summed E-state index contributed by atoms with van der Waals surface area (Å²) >= 11 is 12.1. The fourth-order valence-corrected chi connectivity index (χ4v) is 3.79. The maximum atomic E-state index is 12.9. The molecule has 2 N–H and O–H groups in total. The first-order chi connectivity index (χ1) is 15.7. The molecular weight excluding hydrogens is 461 g/mol. The number of aryl methyl sites for hydroxylation is 2. The second-order valence-electron chi connectivity index (χ2n) is 7.59. The molecule has 166 valence electrons. The fourth-order valence-electron chi connectivity index (χ4n) is 3.35. The molecule has 33 heavy (non-hydrogen) atoms. The van der Waals surface area contributed by atoms with Gasteiger partial charge in [-0.1, -0.05) is 40.9 Å². The lowest BCUT2D eigenvalue weighted by molar-refractivity contribution is -0.120. The van der Waals surface area contributed by atoms with Gasteiger partial charge >= 0.3 is 0 Å². The molecule has 8 heteroatoms. The monoisotopic (exact) mass is 479 g/mol. The molecule has 3 amide bonds. The summed E-state index contributed by atoms with van der Waals surface area (Å²) in [5, 5.41) is 6.14. The number of carbonyl (C=O) groups excluding carboxylic acids is 3. The number of imide groups is 1. The molecular formula is C25H19Cl2N3O3. The standard InChI is InChI=1S/C25H19Cl2N3O3/c1-14-3-10-19(11-4-14)30-24(32)21(27)22(25(30)33)28-18-8-5-16(6-9-18)23(31)29-20-12-7-17(26)13-15(20)2/h3-13,28H,1-2H3,(H,29,31). The maximum Gasteiger partial charge on any atom is 0.283 e. The van der Waals surface area contributed by atoms with Crippen molar-refractivity contribution < 1.29 is 14.4 Å². The number of hydrogen-bond acceptors (Lipinski definition) is 4. The summed E-state index contributed by atoms with van der Waals surface area (Å²) in [6.45, 7) is 3.77. The molecule has 3 aromatic rings. The highest BCUT2D eigenvalue weighted by molar-refractivity contribution is 6.53. The number of rotatable bonds is 5. The topological polar surface area (TPSA) is 78.5 Å². The lowest BCUT2D eigenvalue weighted by Crippen LogP contribution is -2.32.